The van der Waals surface area contributed by atoms with Crippen LogP contribution in [-0.2, 0) is 4.79 Å². The molecule has 0 saturated heterocycles. The monoisotopic (exact) mass is 348 g/mol. The summed E-state index contributed by atoms with van der Waals surface area (Å²) >= 11 is 0. The number of carbonyl (C=O) groups is 1. The summed E-state index contributed by atoms with van der Waals surface area (Å²) in [4.78, 5) is 12.2. The molecule has 0 spiro atoms. The highest BCUT2D eigenvalue weighted by atomic mass is 16.3. The molecule has 0 aromatic carbocycles. The van der Waals surface area contributed by atoms with Gasteiger partial charge in [0.05, 0.1) is 6.10 Å². The van der Waals surface area contributed by atoms with Crippen molar-refractivity contribution in [1.29, 1.82) is 0 Å². The average molecular weight is 348 g/mol. The van der Waals surface area contributed by atoms with Gasteiger partial charge in [-0.3, -0.25) is 4.79 Å². The van der Waals surface area contributed by atoms with Crippen LogP contribution in [0.2, 0.25) is 0 Å². The van der Waals surface area contributed by atoms with Crippen LogP contribution in [-0.4, -0.2) is 38.9 Å². The molecule has 3 saturated carbocycles. The normalized spacial score (nSPS) is 55.0. The molecule has 0 aliphatic heterocycles. The smallest absolute Gasteiger partial charge is 0.156 e. The number of aliphatic hydroxyl groups excluding tert-OH is 2. The summed E-state index contributed by atoms with van der Waals surface area (Å²) in [6.07, 6.45) is 6.80. The Hall–Kier alpha value is -0.710. The van der Waals surface area contributed by atoms with Gasteiger partial charge in [0.15, 0.2) is 5.78 Å². The lowest BCUT2D eigenvalue weighted by molar-refractivity contribution is -0.226. The fourth-order valence-electron chi connectivity index (χ4n) is 7.36. The summed E-state index contributed by atoms with van der Waals surface area (Å²) in [5.74, 6) is 0.845. The highest BCUT2D eigenvalue weighted by Crippen LogP contribution is 2.67. The Morgan fingerprint density at radius 3 is 2.48 bits per heavy atom. The maximum atomic E-state index is 12.2. The topological polar surface area (TPSA) is 77.8 Å². The number of ketones is 1. The molecule has 4 aliphatic carbocycles. The lowest BCUT2D eigenvalue weighted by Crippen LogP contribution is -2.65. The average Bonchev–Trinajstić information content (AvgIpc) is 2.76. The van der Waals surface area contributed by atoms with Gasteiger partial charge in [-0.1, -0.05) is 13.8 Å². The van der Waals surface area contributed by atoms with E-state index in [1.165, 1.54) is 0 Å². The zero-order valence-corrected chi connectivity index (χ0v) is 15.7. The van der Waals surface area contributed by atoms with Crippen LogP contribution >= 0.6 is 0 Å². The van der Waals surface area contributed by atoms with Crippen molar-refractivity contribution in [2.45, 2.75) is 83.5 Å². The molecule has 0 heterocycles. The van der Waals surface area contributed by atoms with Crippen LogP contribution in [0, 0.1) is 28.6 Å². The highest BCUT2D eigenvalue weighted by molar-refractivity contribution is 5.96. The third-order valence-corrected chi connectivity index (χ3v) is 8.82. The molecule has 4 rings (SSSR count). The van der Waals surface area contributed by atoms with Crippen LogP contribution in [0.3, 0.4) is 0 Å². The van der Waals surface area contributed by atoms with E-state index in [4.69, 9.17) is 0 Å². The van der Waals surface area contributed by atoms with Gasteiger partial charge in [0.1, 0.15) is 11.7 Å². The quantitative estimate of drug-likeness (QED) is 0.681. The lowest BCUT2D eigenvalue weighted by atomic mass is 9.43. The first-order valence-electron chi connectivity index (χ1n) is 9.96. The second-order valence-electron chi connectivity index (χ2n) is 9.70. The SMILES string of the molecule is CC(=O)C1=C[C@H](O)[C@]2(O)[C@@H]3CC[C@H]4C[C@@H](O)CC[C@]4(C)[C@H]3CC[C@]12C. The lowest BCUT2D eigenvalue weighted by Gasteiger charge is -2.63. The van der Waals surface area contributed by atoms with Crippen molar-refractivity contribution >= 4 is 5.78 Å². The van der Waals surface area contributed by atoms with Crippen molar-refractivity contribution in [3.8, 4) is 0 Å². The van der Waals surface area contributed by atoms with E-state index in [2.05, 4.69) is 6.92 Å². The maximum Gasteiger partial charge on any atom is 0.156 e. The van der Waals surface area contributed by atoms with Crippen LogP contribution in [0.25, 0.3) is 0 Å². The van der Waals surface area contributed by atoms with Gasteiger partial charge >= 0.3 is 0 Å². The summed E-state index contributed by atoms with van der Waals surface area (Å²) in [5.41, 5.74) is -1.14. The molecule has 0 aromatic heterocycles. The van der Waals surface area contributed by atoms with Gasteiger partial charge in [-0.15, -0.1) is 0 Å². The first-order valence-corrected chi connectivity index (χ1v) is 9.96. The molecule has 0 aromatic rings. The first-order chi connectivity index (χ1) is 11.6. The fourth-order valence-corrected chi connectivity index (χ4v) is 7.36. The molecule has 140 valence electrons. The number of hydrogen-bond acceptors (Lipinski definition) is 4. The minimum Gasteiger partial charge on any atom is -0.393 e. The third-order valence-electron chi connectivity index (χ3n) is 8.82. The van der Waals surface area contributed by atoms with Crippen LogP contribution in [0.4, 0.5) is 0 Å². The van der Waals surface area contributed by atoms with Gasteiger partial charge in [-0.25, -0.2) is 0 Å². The van der Waals surface area contributed by atoms with Gasteiger partial charge in [-0.05, 0) is 81.1 Å². The number of aliphatic hydroxyl groups is 3. The first kappa shape index (κ1) is 17.7. The Labute approximate surface area is 150 Å². The van der Waals surface area contributed by atoms with Crippen LogP contribution in [0.15, 0.2) is 11.6 Å². The zero-order valence-electron chi connectivity index (χ0n) is 15.7. The Kier molecular flexibility index (Phi) is 3.82. The molecular weight excluding hydrogens is 316 g/mol. The summed E-state index contributed by atoms with van der Waals surface area (Å²) in [6.45, 7) is 5.86. The Morgan fingerprint density at radius 1 is 1.08 bits per heavy atom. The molecule has 25 heavy (non-hydrogen) atoms. The van der Waals surface area contributed by atoms with E-state index in [9.17, 15) is 20.1 Å². The number of fused-ring (bicyclic) bond motifs is 5. The summed E-state index contributed by atoms with van der Waals surface area (Å²) in [5, 5.41) is 32.7. The standard InChI is InChI=1S/C21H32O4/c1-12(22)17-11-18(24)21(25)16-5-4-13-10-14(23)6-8-19(13,2)15(16)7-9-20(17,21)3/h11,13-16,18,23-25H,4-10H2,1-3H3/t13-,14-,15-,16+,18-,19-,20+,21+/m0/s1. The van der Waals surface area contributed by atoms with Crippen molar-refractivity contribution in [2.75, 3.05) is 0 Å². The zero-order chi connectivity index (χ0) is 18.2. The minimum atomic E-state index is -1.24. The van der Waals surface area contributed by atoms with Gasteiger partial charge in [0, 0.05) is 11.0 Å². The van der Waals surface area contributed by atoms with E-state index in [-0.39, 0.29) is 23.2 Å². The summed E-state index contributed by atoms with van der Waals surface area (Å²) in [6, 6.07) is 0. The molecule has 8 atom stereocenters. The predicted octanol–water partition coefficient (Wildman–Crippen LogP) is 2.60. The van der Waals surface area contributed by atoms with E-state index in [0.29, 0.717) is 17.4 Å². The van der Waals surface area contributed by atoms with Crippen molar-refractivity contribution in [1.82, 2.24) is 0 Å². The molecular formula is C21H32O4. The molecule has 3 N–H and O–H groups in total. The molecule has 3 fully saturated rings. The number of hydrogen-bond donors (Lipinski definition) is 3. The third kappa shape index (κ3) is 2.08. The van der Waals surface area contributed by atoms with Crippen molar-refractivity contribution in [2.24, 2.45) is 28.6 Å². The van der Waals surface area contributed by atoms with E-state index >= 15 is 0 Å². The van der Waals surface area contributed by atoms with Gasteiger partial charge in [-0.2, -0.15) is 0 Å². The van der Waals surface area contributed by atoms with Gasteiger partial charge < -0.3 is 15.3 Å². The molecule has 4 nitrogen and oxygen atoms in total. The van der Waals surface area contributed by atoms with Crippen LogP contribution < -0.4 is 0 Å². The van der Waals surface area contributed by atoms with E-state index in [1.807, 2.05) is 6.92 Å². The van der Waals surface area contributed by atoms with Gasteiger partial charge in [0.2, 0.25) is 0 Å². The predicted molar refractivity (Wildman–Crippen MR) is 94.7 cm³/mol. The van der Waals surface area contributed by atoms with Crippen molar-refractivity contribution in [3.05, 3.63) is 11.6 Å². The number of Topliss-reactive ketones (excluding diaryl/α,β-unsaturated/α-hetero) is 1. The molecule has 0 unspecified atom stereocenters. The molecule has 0 radical (unpaired) electrons. The second kappa shape index (κ2) is 5.40. The van der Waals surface area contributed by atoms with E-state index in [0.717, 1.165) is 44.9 Å². The molecule has 4 aliphatic rings. The van der Waals surface area contributed by atoms with E-state index in [1.54, 1.807) is 13.0 Å². The molecule has 0 amide bonds. The van der Waals surface area contributed by atoms with E-state index < -0.39 is 17.1 Å². The Bertz CT molecular complexity index is 627. The fraction of sp³-hybridized carbons (Fsp3) is 0.857. The molecule has 4 heteroatoms. The number of carbonyl (C=O) groups excluding carboxylic acids is 1. The largest absolute Gasteiger partial charge is 0.393 e. The second-order valence-corrected chi connectivity index (χ2v) is 9.70. The highest BCUT2D eigenvalue weighted by Gasteiger charge is 2.68. The molecule has 0 bridgehead atoms. The number of rotatable bonds is 1. The summed E-state index contributed by atoms with van der Waals surface area (Å²) < 4.78 is 0. The minimum absolute atomic E-state index is 0.0193. The van der Waals surface area contributed by atoms with Crippen LogP contribution in [0.5, 0.6) is 0 Å². The van der Waals surface area contributed by atoms with Crippen molar-refractivity contribution in [3.63, 3.8) is 0 Å². The van der Waals surface area contributed by atoms with Crippen molar-refractivity contribution < 1.29 is 20.1 Å². The summed E-state index contributed by atoms with van der Waals surface area (Å²) in [7, 11) is 0. The van der Waals surface area contributed by atoms with Gasteiger partial charge in [0.25, 0.3) is 0 Å². The Morgan fingerprint density at radius 2 is 1.80 bits per heavy atom. The maximum absolute atomic E-state index is 12.2. The Balaban J connectivity index is 1.73. The van der Waals surface area contributed by atoms with Crippen LogP contribution in [0.1, 0.15) is 65.7 Å².